The molecule has 21 heavy (non-hydrogen) atoms. The first-order valence-corrected chi connectivity index (χ1v) is 7.80. The Hall–Kier alpha value is -1.39. The predicted octanol–water partition coefficient (Wildman–Crippen LogP) is 1.55. The van der Waals surface area contributed by atoms with Crippen LogP contribution in [0.2, 0.25) is 0 Å². The molecule has 3 rings (SSSR count). The molecular weight excluding hydrogens is 264 g/mol. The highest BCUT2D eigenvalue weighted by Crippen LogP contribution is 2.30. The van der Waals surface area contributed by atoms with E-state index in [1.165, 1.54) is 0 Å². The molecule has 2 heterocycles. The smallest absolute Gasteiger partial charge is 0.226 e. The fourth-order valence-electron chi connectivity index (χ4n) is 3.39. The van der Waals surface area contributed by atoms with Crippen molar-refractivity contribution in [3.8, 4) is 0 Å². The zero-order valence-corrected chi connectivity index (χ0v) is 12.8. The maximum atomic E-state index is 12.4. The molecule has 4 nitrogen and oxygen atoms in total. The van der Waals surface area contributed by atoms with Crippen LogP contribution < -0.4 is 0 Å². The van der Waals surface area contributed by atoms with Crippen molar-refractivity contribution in [1.82, 2.24) is 9.80 Å². The molecule has 0 saturated carbocycles. The molecule has 0 unspecified atom stereocenters. The topological polar surface area (TPSA) is 32.8 Å². The van der Waals surface area contributed by atoms with Gasteiger partial charge < -0.3 is 9.64 Å². The second kappa shape index (κ2) is 6.16. The summed E-state index contributed by atoms with van der Waals surface area (Å²) in [5, 5.41) is 0. The van der Waals surface area contributed by atoms with Crippen molar-refractivity contribution in [2.24, 2.45) is 0 Å². The minimum absolute atomic E-state index is 0.155. The van der Waals surface area contributed by atoms with Gasteiger partial charge in [0.1, 0.15) is 0 Å². The Morgan fingerprint density at radius 1 is 1.19 bits per heavy atom. The molecule has 0 aliphatic carbocycles. The maximum Gasteiger partial charge on any atom is 0.226 e. The second-order valence-electron chi connectivity index (χ2n) is 6.24. The average molecular weight is 288 g/mol. The van der Waals surface area contributed by atoms with Crippen LogP contribution in [-0.2, 0) is 16.0 Å². The molecule has 1 aromatic carbocycles. The lowest BCUT2D eigenvalue weighted by Crippen LogP contribution is -2.60. The number of carbonyl (C=O) groups excluding carboxylic acids is 1. The number of hydrogen-bond acceptors (Lipinski definition) is 3. The number of hydrogen-bond donors (Lipinski definition) is 0. The van der Waals surface area contributed by atoms with Gasteiger partial charge in [0.25, 0.3) is 0 Å². The third-order valence-electron chi connectivity index (χ3n) is 5.00. The van der Waals surface area contributed by atoms with Crippen LogP contribution in [0.15, 0.2) is 30.3 Å². The van der Waals surface area contributed by atoms with Crippen LogP contribution >= 0.6 is 0 Å². The third-order valence-corrected chi connectivity index (χ3v) is 5.00. The predicted molar refractivity (Wildman–Crippen MR) is 82.1 cm³/mol. The monoisotopic (exact) mass is 288 g/mol. The molecular formula is C17H24N2O2. The average Bonchev–Trinajstić information content (AvgIpc) is 2.52. The minimum Gasteiger partial charge on any atom is -0.378 e. The molecule has 2 fully saturated rings. The highest BCUT2D eigenvalue weighted by atomic mass is 16.5. The second-order valence-corrected chi connectivity index (χ2v) is 6.24. The summed E-state index contributed by atoms with van der Waals surface area (Å²) in [7, 11) is 2.18. The summed E-state index contributed by atoms with van der Waals surface area (Å²) in [6.45, 7) is 4.33. The summed E-state index contributed by atoms with van der Waals surface area (Å²) in [5.74, 6) is 0.246. The molecule has 0 aromatic heterocycles. The lowest BCUT2D eigenvalue weighted by Gasteiger charge is -2.49. The first-order valence-electron chi connectivity index (χ1n) is 7.80. The Balaban J connectivity index is 1.57. The molecule has 0 bridgehead atoms. The van der Waals surface area contributed by atoms with Gasteiger partial charge in [-0.2, -0.15) is 0 Å². The van der Waals surface area contributed by atoms with Gasteiger partial charge in [-0.15, -0.1) is 0 Å². The Morgan fingerprint density at radius 3 is 2.57 bits per heavy atom. The Labute approximate surface area is 126 Å². The van der Waals surface area contributed by atoms with Gasteiger partial charge in [-0.05, 0) is 25.5 Å². The van der Waals surface area contributed by atoms with E-state index in [1.807, 2.05) is 35.2 Å². The molecule has 0 N–H and O–H groups in total. The van der Waals surface area contributed by atoms with E-state index in [1.54, 1.807) is 0 Å². The number of piperidine rings is 1. The molecule has 2 saturated heterocycles. The van der Waals surface area contributed by atoms with Crippen molar-refractivity contribution in [2.75, 3.05) is 39.9 Å². The van der Waals surface area contributed by atoms with Crippen molar-refractivity contribution >= 4 is 5.91 Å². The van der Waals surface area contributed by atoms with Crippen molar-refractivity contribution < 1.29 is 9.53 Å². The van der Waals surface area contributed by atoms with E-state index in [0.29, 0.717) is 6.42 Å². The van der Waals surface area contributed by atoms with Crippen LogP contribution in [0.4, 0.5) is 0 Å². The van der Waals surface area contributed by atoms with Crippen molar-refractivity contribution in [3.05, 3.63) is 35.9 Å². The standard InChI is InChI=1S/C17H24N2O2/c1-18-11-12-21-14-17(18)7-9-19(10-8-17)16(20)13-15-5-3-2-4-6-15/h2-6H,7-14H2,1H3. The first kappa shape index (κ1) is 14.5. The van der Waals surface area contributed by atoms with Gasteiger partial charge in [-0.1, -0.05) is 30.3 Å². The minimum atomic E-state index is 0.155. The van der Waals surface area contributed by atoms with Crippen molar-refractivity contribution in [1.29, 1.82) is 0 Å². The van der Waals surface area contributed by atoms with Gasteiger partial charge in [-0.3, -0.25) is 9.69 Å². The van der Waals surface area contributed by atoms with E-state index in [9.17, 15) is 4.79 Å². The number of benzene rings is 1. The molecule has 2 aliphatic heterocycles. The zero-order chi connectivity index (χ0) is 14.7. The lowest BCUT2D eigenvalue weighted by molar-refractivity contribution is -0.136. The van der Waals surface area contributed by atoms with Crippen LogP contribution in [-0.4, -0.2) is 61.1 Å². The zero-order valence-electron chi connectivity index (χ0n) is 12.8. The van der Waals surface area contributed by atoms with E-state index in [0.717, 1.165) is 51.3 Å². The van der Waals surface area contributed by atoms with Gasteiger partial charge in [0, 0.05) is 25.2 Å². The molecule has 4 heteroatoms. The van der Waals surface area contributed by atoms with E-state index < -0.39 is 0 Å². The van der Waals surface area contributed by atoms with Crippen molar-refractivity contribution in [2.45, 2.75) is 24.8 Å². The third kappa shape index (κ3) is 3.11. The number of amides is 1. The van der Waals surface area contributed by atoms with Gasteiger partial charge in [0.15, 0.2) is 0 Å². The molecule has 114 valence electrons. The number of carbonyl (C=O) groups is 1. The van der Waals surface area contributed by atoms with E-state index in [-0.39, 0.29) is 11.4 Å². The Morgan fingerprint density at radius 2 is 1.90 bits per heavy atom. The molecule has 1 aromatic rings. The van der Waals surface area contributed by atoms with E-state index in [2.05, 4.69) is 11.9 Å². The van der Waals surface area contributed by atoms with Crippen LogP contribution in [0.5, 0.6) is 0 Å². The van der Waals surface area contributed by atoms with Crippen LogP contribution in [0, 0.1) is 0 Å². The SMILES string of the molecule is CN1CCOCC12CCN(C(=O)Cc1ccccc1)CC2. The maximum absolute atomic E-state index is 12.4. The number of likely N-dealkylation sites (tertiary alicyclic amines) is 1. The van der Waals surface area contributed by atoms with Gasteiger partial charge in [0.05, 0.1) is 19.6 Å². The summed E-state index contributed by atoms with van der Waals surface area (Å²) in [6.07, 6.45) is 2.55. The quantitative estimate of drug-likeness (QED) is 0.828. The fourth-order valence-corrected chi connectivity index (χ4v) is 3.39. The number of morpholine rings is 1. The number of likely N-dealkylation sites (N-methyl/N-ethyl adjacent to an activating group) is 1. The molecule has 1 amide bonds. The van der Waals surface area contributed by atoms with E-state index in [4.69, 9.17) is 4.74 Å². The van der Waals surface area contributed by atoms with Crippen LogP contribution in [0.3, 0.4) is 0 Å². The summed E-state index contributed by atoms with van der Waals surface area (Å²) >= 11 is 0. The molecule has 0 radical (unpaired) electrons. The summed E-state index contributed by atoms with van der Waals surface area (Å²) in [5.41, 5.74) is 1.25. The normalized spacial score (nSPS) is 22.4. The number of ether oxygens (including phenoxy) is 1. The molecule has 1 spiro atoms. The molecule has 0 atom stereocenters. The lowest BCUT2D eigenvalue weighted by atomic mass is 9.85. The molecule has 2 aliphatic rings. The van der Waals surface area contributed by atoms with Crippen LogP contribution in [0.25, 0.3) is 0 Å². The number of nitrogens with zero attached hydrogens (tertiary/aromatic N) is 2. The fraction of sp³-hybridized carbons (Fsp3) is 0.588. The highest BCUT2D eigenvalue weighted by Gasteiger charge is 2.41. The highest BCUT2D eigenvalue weighted by molar-refractivity contribution is 5.78. The van der Waals surface area contributed by atoms with Crippen LogP contribution in [0.1, 0.15) is 18.4 Å². The van der Waals surface area contributed by atoms with Gasteiger partial charge in [-0.25, -0.2) is 0 Å². The van der Waals surface area contributed by atoms with Gasteiger partial charge >= 0.3 is 0 Å². The van der Waals surface area contributed by atoms with E-state index >= 15 is 0 Å². The van der Waals surface area contributed by atoms with Crippen molar-refractivity contribution in [3.63, 3.8) is 0 Å². The number of rotatable bonds is 2. The first-order chi connectivity index (χ1) is 10.2. The van der Waals surface area contributed by atoms with Gasteiger partial charge in [0.2, 0.25) is 5.91 Å². The summed E-state index contributed by atoms with van der Waals surface area (Å²) < 4.78 is 5.68. The summed E-state index contributed by atoms with van der Waals surface area (Å²) in [4.78, 5) is 16.8. The summed E-state index contributed by atoms with van der Waals surface area (Å²) in [6, 6.07) is 10.00. The Bertz CT molecular complexity index is 481. The Kier molecular flexibility index (Phi) is 4.27. The largest absolute Gasteiger partial charge is 0.378 e.